The van der Waals surface area contributed by atoms with Crippen LogP contribution in [0.25, 0.3) is 10.8 Å². The topological polar surface area (TPSA) is 27.7 Å². The first-order valence-electron chi connectivity index (χ1n) is 9.23. The van der Waals surface area contributed by atoms with Crippen molar-refractivity contribution in [2.75, 3.05) is 7.11 Å². The van der Waals surface area contributed by atoms with Gasteiger partial charge in [0.05, 0.1) is 7.11 Å². The number of hydrogen-bond donors (Lipinski definition) is 0. The van der Waals surface area contributed by atoms with E-state index < -0.39 is 0 Å². The molecule has 0 saturated heterocycles. The van der Waals surface area contributed by atoms with E-state index in [0.717, 1.165) is 22.3 Å². The van der Waals surface area contributed by atoms with Gasteiger partial charge in [0, 0.05) is 5.39 Å². The van der Waals surface area contributed by atoms with E-state index in [9.17, 15) is 0 Å². The average Bonchev–Trinajstić information content (AvgIpc) is 2.71. The number of fused-ring (bicyclic) bond motifs is 1. The highest BCUT2D eigenvalue weighted by Crippen LogP contribution is 2.46. The molecule has 4 aromatic carbocycles. The highest BCUT2D eigenvalue weighted by molar-refractivity contribution is 5.93. The second-order valence-electron chi connectivity index (χ2n) is 6.79. The smallest absolute Gasteiger partial charge is 0.205 e. The molecular formula is C25H22O3. The van der Waals surface area contributed by atoms with Gasteiger partial charge in [0.15, 0.2) is 11.5 Å². The van der Waals surface area contributed by atoms with Gasteiger partial charge in [0.1, 0.15) is 11.5 Å². The highest BCUT2D eigenvalue weighted by Gasteiger charge is 2.18. The Morgan fingerprint density at radius 2 is 1.18 bits per heavy atom. The van der Waals surface area contributed by atoms with Crippen molar-refractivity contribution in [3.05, 3.63) is 90.0 Å². The number of hydrogen-bond acceptors (Lipinski definition) is 3. The van der Waals surface area contributed by atoms with Crippen LogP contribution in [0.4, 0.5) is 0 Å². The summed E-state index contributed by atoms with van der Waals surface area (Å²) in [6, 6.07) is 25.9. The molecule has 0 bridgehead atoms. The minimum Gasteiger partial charge on any atom is -0.490 e. The molecule has 4 aromatic rings. The Hall–Kier alpha value is -3.46. The molecule has 0 heterocycles. The summed E-state index contributed by atoms with van der Waals surface area (Å²) in [4.78, 5) is 0. The van der Waals surface area contributed by atoms with Crippen molar-refractivity contribution in [1.29, 1.82) is 0 Å². The first-order chi connectivity index (χ1) is 13.6. The molecule has 3 heteroatoms. The molecule has 3 nitrogen and oxygen atoms in total. The van der Waals surface area contributed by atoms with Crippen molar-refractivity contribution in [1.82, 2.24) is 0 Å². The lowest BCUT2D eigenvalue weighted by Crippen LogP contribution is -1.96. The zero-order valence-electron chi connectivity index (χ0n) is 16.2. The van der Waals surface area contributed by atoms with Gasteiger partial charge in [-0.2, -0.15) is 0 Å². The van der Waals surface area contributed by atoms with Gasteiger partial charge >= 0.3 is 0 Å². The number of rotatable bonds is 5. The van der Waals surface area contributed by atoms with E-state index in [4.69, 9.17) is 14.2 Å². The fourth-order valence-corrected chi connectivity index (χ4v) is 3.10. The number of aryl methyl sites for hydroxylation is 2. The number of methoxy groups -OCH3 is 1. The van der Waals surface area contributed by atoms with Crippen molar-refractivity contribution in [3.8, 4) is 28.7 Å². The van der Waals surface area contributed by atoms with E-state index in [1.807, 2.05) is 85.8 Å². The SMILES string of the molecule is COc1c(Oc2ccc(C)cc2)cc2ccccc2c1Oc1ccc(C)cc1. The molecule has 0 unspecified atom stereocenters. The Balaban J connectivity index is 1.83. The number of benzene rings is 4. The average molecular weight is 370 g/mol. The predicted molar refractivity (Wildman–Crippen MR) is 113 cm³/mol. The molecule has 0 radical (unpaired) electrons. The van der Waals surface area contributed by atoms with Gasteiger partial charge in [0.2, 0.25) is 5.75 Å². The Bertz CT molecular complexity index is 1100. The molecular weight excluding hydrogens is 348 g/mol. The van der Waals surface area contributed by atoms with Crippen LogP contribution >= 0.6 is 0 Å². The van der Waals surface area contributed by atoms with Gasteiger partial charge in [-0.1, -0.05) is 59.7 Å². The zero-order valence-corrected chi connectivity index (χ0v) is 16.2. The summed E-state index contributed by atoms with van der Waals surface area (Å²) in [5.41, 5.74) is 2.36. The van der Waals surface area contributed by atoms with Crippen LogP contribution in [0.15, 0.2) is 78.9 Å². The van der Waals surface area contributed by atoms with Crippen molar-refractivity contribution in [2.45, 2.75) is 13.8 Å². The van der Waals surface area contributed by atoms with E-state index in [-0.39, 0.29) is 0 Å². The first-order valence-corrected chi connectivity index (χ1v) is 9.23. The first kappa shape index (κ1) is 17.9. The van der Waals surface area contributed by atoms with Crippen molar-refractivity contribution >= 4 is 10.8 Å². The normalized spacial score (nSPS) is 10.7. The lowest BCUT2D eigenvalue weighted by atomic mass is 10.1. The molecule has 0 fully saturated rings. The molecule has 4 rings (SSSR count). The van der Waals surface area contributed by atoms with Crippen LogP contribution in [0.3, 0.4) is 0 Å². The maximum Gasteiger partial charge on any atom is 0.205 e. The summed E-state index contributed by atoms with van der Waals surface area (Å²) in [5.74, 6) is 3.33. The van der Waals surface area contributed by atoms with E-state index in [0.29, 0.717) is 17.2 Å². The maximum absolute atomic E-state index is 6.26. The third kappa shape index (κ3) is 3.65. The summed E-state index contributed by atoms with van der Waals surface area (Å²) in [7, 11) is 1.63. The zero-order chi connectivity index (χ0) is 19.5. The third-order valence-corrected chi connectivity index (χ3v) is 4.62. The summed E-state index contributed by atoms with van der Waals surface area (Å²) in [5, 5.41) is 1.99. The second kappa shape index (κ2) is 7.65. The quantitative estimate of drug-likeness (QED) is 0.377. The Kier molecular flexibility index (Phi) is 4.90. The molecule has 0 aliphatic carbocycles. The van der Waals surface area contributed by atoms with Gasteiger partial charge in [-0.15, -0.1) is 0 Å². The van der Waals surface area contributed by atoms with E-state index in [2.05, 4.69) is 6.92 Å². The van der Waals surface area contributed by atoms with Crippen LogP contribution in [-0.2, 0) is 0 Å². The third-order valence-electron chi connectivity index (χ3n) is 4.62. The molecule has 0 aliphatic rings. The van der Waals surface area contributed by atoms with Gasteiger partial charge < -0.3 is 14.2 Å². The molecule has 0 aromatic heterocycles. The molecule has 0 aliphatic heterocycles. The maximum atomic E-state index is 6.26. The van der Waals surface area contributed by atoms with Gasteiger partial charge in [-0.05, 0) is 49.6 Å². The van der Waals surface area contributed by atoms with E-state index >= 15 is 0 Å². The van der Waals surface area contributed by atoms with Crippen molar-refractivity contribution < 1.29 is 14.2 Å². The number of ether oxygens (including phenoxy) is 3. The second-order valence-corrected chi connectivity index (χ2v) is 6.79. The highest BCUT2D eigenvalue weighted by atomic mass is 16.5. The van der Waals surface area contributed by atoms with Gasteiger partial charge in [0.25, 0.3) is 0 Å². The van der Waals surface area contributed by atoms with E-state index in [1.54, 1.807) is 7.11 Å². The Labute approximate surface area is 165 Å². The van der Waals surface area contributed by atoms with Crippen LogP contribution < -0.4 is 14.2 Å². The van der Waals surface area contributed by atoms with E-state index in [1.165, 1.54) is 11.1 Å². The molecule has 0 amide bonds. The monoisotopic (exact) mass is 370 g/mol. The summed E-state index contributed by atoms with van der Waals surface area (Å²) >= 11 is 0. The molecule has 0 saturated carbocycles. The molecule has 28 heavy (non-hydrogen) atoms. The Morgan fingerprint density at radius 3 is 1.79 bits per heavy atom. The summed E-state index contributed by atoms with van der Waals surface area (Å²) in [6.07, 6.45) is 0. The lowest BCUT2D eigenvalue weighted by Gasteiger charge is -2.17. The minimum atomic E-state index is 0.569. The molecule has 0 N–H and O–H groups in total. The van der Waals surface area contributed by atoms with Crippen molar-refractivity contribution in [2.24, 2.45) is 0 Å². The molecule has 140 valence electrons. The Morgan fingerprint density at radius 1 is 0.607 bits per heavy atom. The van der Waals surface area contributed by atoms with Crippen LogP contribution in [0.1, 0.15) is 11.1 Å². The standard InChI is InChI=1S/C25H22O3/c1-17-8-12-20(13-9-17)27-23-16-19-6-4-5-7-22(19)24(25(23)26-3)28-21-14-10-18(2)11-15-21/h4-16H,1-3H3. The minimum absolute atomic E-state index is 0.569. The summed E-state index contributed by atoms with van der Waals surface area (Å²) in [6.45, 7) is 4.10. The van der Waals surface area contributed by atoms with Crippen LogP contribution in [0.2, 0.25) is 0 Å². The predicted octanol–water partition coefficient (Wildman–Crippen LogP) is 7.05. The van der Waals surface area contributed by atoms with Crippen LogP contribution in [0, 0.1) is 13.8 Å². The van der Waals surface area contributed by atoms with Gasteiger partial charge in [-0.3, -0.25) is 0 Å². The fraction of sp³-hybridized carbons (Fsp3) is 0.120. The lowest BCUT2D eigenvalue weighted by molar-refractivity contribution is 0.355. The fourth-order valence-electron chi connectivity index (χ4n) is 3.10. The van der Waals surface area contributed by atoms with Crippen LogP contribution in [0.5, 0.6) is 28.7 Å². The van der Waals surface area contributed by atoms with Crippen molar-refractivity contribution in [3.63, 3.8) is 0 Å². The van der Waals surface area contributed by atoms with Crippen LogP contribution in [-0.4, -0.2) is 7.11 Å². The molecule has 0 atom stereocenters. The summed E-state index contributed by atoms with van der Waals surface area (Å²) < 4.78 is 18.1. The molecule has 0 spiro atoms. The largest absolute Gasteiger partial charge is 0.490 e. The van der Waals surface area contributed by atoms with Gasteiger partial charge in [-0.25, -0.2) is 0 Å².